The molecular weight excluding hydrogens is 145 g/mol. The predicted molar refractivity (Wildman–Crippen MR) is 38.4 cm³/mol. The second-order valence-corrected chi connectivity index (χ2v) is 2.00. The standard InChI is InChI=1S/C8H6O3/c9-7(8(10)11)6-4-2-1-3-5-6/h1-5H,(H,10,11)/i8+1. The van der Waals surface area contributed by atoms with Gasteiger partial charge in [-0.15, -0.1) is 0 Å². The van der Waals surface area contributed by atoms with E-state index in [4.69, 9.17) is 5.11 Å². The van der Waals surface area contributed by atoms with Crippen LogP contribution >= 0.6 is 0 Å². The number of carbonyl (C=O) groups is 2. The molecule has 0 atom stereocenters. The number of carboxylic acids is 1. The van der Waals surface area contributed by atoms with Crippen LogP contribution < -0.4 is 0 Å². The number of carboxylic acid groups (broad SMARTS) is 1. The highest BCUT2D eigenvalue weighted by Crippen LogP contribution is 1.98. The molecule has 0 saturated heterocycles. The molecule has 0 heterocycles. The van der Waals surface area contributed by atoms with E-state index in [1.807, 2.05) is 0 Å². The molecule has 0 spiro atoms. The molecule has 0 bridgehead atoms. The van der Waals surface area contributed by atoms with E-state index >= 15 is 0 Å². The number of carbonyl (C=O) groups excluding carboxylic acids is 1. The number of rotatable bonds is 2. The highest BCUT2D eigenvalue weighted by Gasteiger charge is 2.12. The summed E-state index contributed by atoms with van der Waals surface area (Å²) >= 11 is 0. The summed E-state index contributed by atoms with van der Waals surface area (Å²) in [6.45, 7) is 0. The Morgan fingerprint density at radius 1 is 1.09 bits per heavy atom. The number of ketones is 1. The smallest absolute Gasteiger partial charge is 0.377 e. The van der Waals surface area contributed by atoms with Gasteiger partial charge in [-0.3, -0.25) is 4.79 Å². The summed E-state index contributed by atoms with van der Waals surface area (Å²) in [5.41, 5.74) is 0.208. The maximum absolute atomic E-state index is 10.7. The fourth-order valence-corrected chi connectivity index (χ4v) is 0.713. The lowest BCUT2D eigenvalue weighted by molar-refractivity contribution is -0.131. The Bertz CT molecular complexity index is 277. The Morgan fingerprint density at radius 3 is 2.09 bits per heavy atom. The number of benzene rings is 1. The average molecular weight is 151 g/mol. The summed E-state index contributed by atoms with van der Waals surface area (Å²) < 4.78 is 0. The van der Waals surface area contributed by atoms with Crippen LogP contribution in [0.15, 0.2) is 30.3 Å². The van der Waals surface area contributed by atoms with E-state index in [1.54, 1.807) is 18.2 Å². The van der Waals surface area contributed by atoms with Crippen molar-refractivity contribution in [3.63, 3.8) is 0 Å². The number of aliphatic carboxylic acids is 1. The van der Waals surface area contributed by atoms with E-state index < -0.39 is 11.8 Å². The predicted octanol–water partition coefficient (Wildman–Crippen LogP) is 0.954. The topological polar surface area (TPSA) is 54.4 Å². The zero-order valence-corrected chi connectivity index (χ0v) is 5.65. The number of hydrogen-bond acceptors (Lipinski definition) is 2. The fourth-order valence-electron chi connectivity index (χ4n) is 0.713. The number of hydrogen-bond donors (Lipinski definition) is 1. The van der Waals surface area contributed by atoms with Gasteiger partial charge in [-0.25, -0.2) is 4.79 Å². The summed E-state index contributed by atoms with van der Waals surface area (Å²) in [5, 5.41) is 8.29. The van der Waals surface area contributed by atoms with Crippen LogP contribution in [-0.2, 0) is 4.79 Å². The fraction of sp³-hybridized carbons (Fsp3) is 0. The van der Waals surface area contributed by atoms with Crippen LogP contribution in [0.5, 0.6) is 0 Å². The maximum Gasteiger partial charge on any atom is 0.377 e. The van der Waals surface area contributed by atoms with Crippen molar-refractivity contribution in [2.75, 3.05) is 0 Å². The second kappa shape index (κ2) is 2.96. The third-order valence-corrected chi connectivity index (χ3v) is 1.23. The first-order valence-electron chi connectivity index (χ1n) is 3.04. The summed E-state index contributed by atoms with van der Waals surface area (Å²) in [4.78, 5) is 20.9. The molecule has 56 valence electrons. The zero-order valence-electron chi connectivity index (χ0n) is 5.65. The molecule has 0 fully saturated rings. The molecule has 0 unspecified atom stereocenters. The first-order valence-corrected chi connectivity index (χ1v) is 3.04. The van der Waals surface area contributed by atoms with Gasteiger partial charge in [-0.2, -0.15) is 0 Å². The van der Waals surface area contributed by atoms with Crippen molar-refractivity contribution < 1.29 is 14.7 Å². The minimum Gasteiger partial charge on any atom is -0.475 e. The van der Waals surface area contributed by atoms with Gasteiger partial charge in [0, 0.05) is 5.56 Å². The van der Waals surface area contributed by atoms with Gasteiger partial charge in [-0.05, 0) is 0 Å². The Kier molecular flexibility index (Phi) is 2.01. The molecule has 1 rings (SSSR count). The molecule has 0 saturated carbocycles. The molecule has 3 heteroatoms. The van der Waals surface area contributed by atoms with Gasteiger partial charge in [0.25, 0.3) is 5.78 Å². The third-order valence-electron chi connectivity index (χ3n) is 1.23. The van der Waals surface area contributed by atoms with Crippen molar-refractivity contribution in [3.05, 3.63) is 35.9 Å². The molecule has 1 aromatic rings. The average Bonchev–Trinajstić information content (AvgIpc) is 2.05. The summed E-state index contributed by atoms with van der Waals surface area (Å²) in [6, 6.07) is 7.90. The minimum absolute atomic E-state index is 0.208. The van der Waals surface area contributed by atoms with Crippen LogP contribution in [0.3, 0.4) is 0 Å². The van der Waals surface area contributed by atoms with Gasteiger partial charge in [0.05, 0.1) is 0 Å². The van der Waals surface area contributed by atoms with Crippen molar-refractivity contribution in [1.82, 2.24) is 0 Å². The van der Waals surface area contributed by atoms with Gasteiger partial charge in [0.1, 0.15) is 0 Å². The Morgan fingerprint density at radius 2 is 1.64 bits per heavy atom. The van der Waals surface area contributed by atoms with Gasteiger partial charge in [-0.1, -0.05) is 30.3 Å². The van der Waals surface area contributed by atoms with E-state index in [0.29, 0.717) is 0 Å². The summed E-state index contributed by atoms with van der Waals surface area (Å²) in [6.07, 6.45) is 0. The van der Waals surface area contributed by atoms with Crippen molar-refractivity contribution in [2.45, 2.75) is 0 Å². The third kappa shape index (κ3) is 1.64. The molecule has 0 amide bonds. The molecule has 0 aliphatic carbocycles. The molecule has 0 aromatic heterocycles. The van der Waals surface area contributed by atoms with Gasteiger partial charge < -0.3 is 5.11 Å². The monoisotopic (exact) mass is 151 g/mol. The lowest BCUT2D eigenvalue weighted by Crippen LogP contribution is -2.12. The summed E-state index contributed by atoms with van der Waals surface area (Å²) in [7, 11) is 0. The van der Waals surface area contributed by atoms with Crippen LogP contribution in [0.4, 0.5) is 0 Å². The molecule has 0 aliphatic heterocycles. The highest BCUT2D eigenvalue weighted by atomic mass is 16.5. The van der Waals surface area contributed by atoms with Gasteiger partial charge in [0.15, 0.2) is 0 Å². The Balaban J connectivity index is 2.95. The first kappa shape index (κ1) is 7.47. The number of Topliss-reactive ketones (excluding diaryl/α,β-unsaturated/α-hetero) is 1. The largest absolute Gasteiger partial charge is 0.475 e. The second-order valence-electron chi connectivity index (χ2n) is 2.00. The van der Waals surface area contributed by atoms with Crippen LogP contribution in [0.25, 0.3) is 0 Å². The Labute approximate surface area is 63.3 Å². The normalized spacial score (nSPS) is 9.09. The van der Waals surface area contributed by atoms with Crippen LogP contribution in [0.1, 0.15) is 10.4 Å². The quantitative estimate of drug-likeness (QED) is 0.389. The van der Waals surface area contributed by atoms with E-state index in [0.717, 1.165) is 0 Å². The summed E-state index contributed by atoms with van der Waals surface area (Å²) in [5.74, 6) is -2.29. The van der Waals surface area contributed by atoms with Crippen LogP contribution in [0, 0.1) is 0 Å². The van der Waals surface area contributed by atoms with Gasteiger partial charge >= 0.3 is 5.97 Å². The van der Waals surface area contributed by atoms with E-state index in [2.05, 4.69) is 0 Å². The first-order chi connectivity index (χ1) is 5.22. The highest BCUT2D eigenvalue weighted by molar-refractivity contribution is 6.39. The molecule has 3 nitrogen and oxygen atoms in total. The van der Waals surface area contributed by atoms with Crippen molar-refractivity contribution in [1.29, 1.82) is 0 Å². The Hall–Kier alpha value is -1.64. The van der Waals surface area contributed by atoms with E-state index in [1.165, 1.54) is 12.1 Å². The molecule has 0 radical (unpaired) electrons. The van der Waals surface area contributed by atoms with Crippen molar-refractivity contribution in [3.8, 4) is 0 Å². The molecule has 1 aromatic carbocycles. The maximum atomic E-state index is 10.7. The van der Waals surface area contributed by atoms with Gasteiger partial charge in [0.2, 0.25) is 0 Å². The van der Waals surface area contributed by atoms with E-state index in [-0.39, 0.29) is 5.56 Å². The zero-order chi connectivity index (χ0) is 8.27. The van der Waals surface area contributed by atoms with Crippen molar-refractivity contribution in [2.24, 2.45) is 0 Å². The van der Waals surface area contributed by atoms with E-state index in [9.17, 15) is 9.59 Å². The molecule has 0 aliphatic rings. The van der Waals surface area contributed by atoms with Crippen LogP contribution in [0.2, 0.25) is 0 Å². The van der Waals surface area contributed by atoms with Crippen LogP contribution in [-0.4, -0.2) is 16.9 Å². The lowest BCUT2D eigenvalue weighted by atomic mass is 10.2. The molecule has 11 heavy (non-hydrogen) atoms. The molecule has 1 N–H and O–H groups in total. The van der Waals surface area contributed by atoms with Crippen molar-refractivity contribution >= 4 is 11.8 Å². The SMILES string of the molecule is O=C(c1ccccc1)[13C](=O)O. The molecular formula is C8H6O3. The lowest BCUT2D eigenvalue weighted by Gasteiger charge is -1.91. The minimum atomic E-state index is -1.42.